The van der Waals surface area contributed by atoms with Gasteiger partial charge < -0.3 is 10.2 Å². The Hall–Kier alpha value is -3.92. The first kappa shape index (κ1) is 22.1. The zero-order valence-electron chi connectivity index (χ0n) is 21.3. The van der Waals surface area contributed by atoms with Gasteiger partial charge in [-0.3, -0.25) is 9.98 Å². The number of fused-ring (bicyclic) bond motifs is 11. The monoisotopic (exact) mass is 498 g/mol. The fraction of sp³-hybridized carbons (Fsp3) is 0.294. The van der Waals surface area contributed by atoms with E-state index in [1.54, 1.807) is 12.4 Å². The van der Waals surface area contributed by atoms with Crippen LogP contribution in [-0.4, -0.2) is 22.6 Å². The van der Waals surface area contributed by atoms with Gasteiger partial charge in [0.1, 0.15) is 11.5 Å². The molecule has 0 radical (unpaired) electrons. The highest BCUT2D eigenvalue weighted by atomic mass is 16.3. The van der Waals surface area contributed by atoms with E-state index < -0.39 is 0 Å². The van der Waals surface area contributed by atoms with Crippen LogP contribution >= 0.6 is 0 Å². The maximum Gasteiger partial charge on any atom is 0.124 e. The van der Waals surface area contributed by atoms with E-state index >= 15 is 0 Å². The van der Waals surface area contributed by atoms with Crippen molar-refractivity contribution in [1.82, 2.24) is 0 Å². The molecular formula is C34H30N2O2. The standard InChI is InChI=1S/C34H30N2O2/c37-33-15-29-23-7-5-21(9-23)27(29)11-25(33)17-35-31-13-19-3-1-2-4-20(19)14-32(31)36-18-26-12-28-22-6-8-24(10-22)30(28)16-34(26)38/h1-4,11-18,21-24,37-38H,5-10H2. The molecule has 8 rings (SSSR count). The quantitative estimate of drug-likeness (QED) is 0.277. The first-order valence-corrected chi connectivity index (χ1v) is 14.0. The third-order valence-corrected chi connectivity index (χ3v) is 9.62. The van der Waals surface area contributed by atoms with Gasteiger partial charge >= 0.3 is 0 Å². The van der Waals surface area contributed by atoms with Crippen molar-refractivity contribution in [2.75, 3.05) is 0 Å². The molecule has 4 unspecified atom stereocenters. The van der Waals surface area contributed by atoms with Crippen LogP contribution in [0.4, 0.5) is 11.4 Å². The molecule has 0 saturated heterocycles. The zero-order valence-corrected chi connectivity index (χ0v) is 21.3. The van der Waals surface area contributed by atoms with E-state index in [0.717, 1.165) is 33.3 Å². The van der Waals surface area contributed by atoms with Gasteiger partial charge in [-0.1, -0.05) is 24.3 Å². The maximum absolute atomic E-state index is 10.8. The van der Waals surface area contributed by atoms with Gasteiger partial charge in [0, 0.05) is 23.6 Å². The molecular weight excluding hydrogens is 468 g/mol. The second-order valence-electron chi connectivity index (χ2n) is 11.7. The molecule has 2 N–H and O–H groups in total. The molecule has 4 bridgehead atoms. The second kappa shape index (κ2) is 8.29. The van der Waals surface area contributed by atoms with Crippen molar-refractivity contribution < 1.29 is 10.2 Å². The molecule has 2 saturated carbocycles. The van der Waals surface area contributed by atoms with Gasteiger partial charge in [-0.05, 0) is 132 Å². The summed E-state index contributed by atoms with van der Waals surface area (Å²) >= 11 is 0. The van der Waals surface area contributed by atoms with Gasteiger partial charge in [-0.2, -0.15) is 0 Å². The van der Waals surface area contributed by atoms with Crippen LogP contribution in [-0.2, 0) is 0 Å². The number of hydrogen-bond acceptors (Lipinski definition) is 4. The lowest BCUT2D eigenvalue weighted by atomic mass is 9.90. The van der Waals surface area contributed by atoms with Gasteiger partial charge in [0.05, 0.1) is 11.4 Å². The van der Waals surface area contributed by atoms with E-state index in [-0.39, 0.29) is 0 Å². The lowest BCUT2D eigenvalue weighted by Gasteiger charge is -2.16. The molecule has 0 aliphatic heterocycles. The van der Waals surface area contributed by atoms with E-state index in [1.807, 2.05) is 36.4 Å². The van der Waals surface area contributed by atoms with Crippen molar-refractivity contribution in [2.24, 2.45) is 9.98 Å². The third kappa shape index (κ3) is 3.43. The molecule has 38 heavy (non-hydrogen) atoms. The Kier molecular flexibility index (Phi) is 4.82. The summed E-state index contributed by atoms with van der Waals surface area (Å²) in [6, 6.07) is 20.5. The first-order chi connectivity index (χ1) is 18.6. The lowest BCUT2D eigenvalue weighted by Crippen LogP contribution is -1.99. The van der Waals surface area contributed by atoms with Gasteiger partial charge in [0.25, 0.3) is 0 Å². The number of phenols is 2. The molecule has 4 aromatic rings. The summed E-state index contributed by atoms with van der Waals surface area (Å²) in [5, 5.41) is 23.7. The average Bonchev–Trinajstić information content (AvgIpc) is 3.72. The Morgan fingerprint density at radius 2 is 0.947 bits per heavy atom. The summed E-state index contributed by atoms with van der Waals surface area (Å²) in [6.45, 7) is 0. The van der Waals surface area contributed by atoms with Crippen LogP contribution in [0.25, 0.3) is 10.8 Å². The SMILES string of the molecule is Oc1cc2c(cc1C=Nc1cc3ccccc3cc1N=Cc1cc3c(cc1O)C1CCC3C1)C1CCC2C1. The fourth-order valence-corrected chi connectivity index (χ4v) is 7.69. The summed E-state index contributed by atoms with van der Waals surface area (Å²) in [6.07, 6.45) is 11.0. The van der Waals surface area contributed by atoms with Gasteiger partial charge in [-0.15, -0.1) is 0 Å². The normalized spacial score (nSPS) is 24.7. The highest BCUT2D eigenvalue weighted by Crippen LogP contribution is 2.55. The number of hydrogen-bond donors (Lipinski definition) is 2. The second-order valence-corrected chi connectivity index (χ2v) is 11.7. The minimum Gasteiger partial charge on any atom is -0.507 e. The van der Waals surface area contributed by atoms with E-state index in [0.29, 0.717) is 35.2 Å². The van der Waals surface area contributed by atoms with Crippen LogP contribution in [0.3, 0.4) is 0 Å². The minimum atomic E-state index is 0.295. The van der Waals surface area contributed by atoms with Crippen molar-refractivity contribution in [3.8, 4) is 11.5 Å². The Morgan fingerprint density at radius 3 is 1.37 bits per heavy atom. The molecule has 4 nitrogen and oxygen atoms in total. The average molecular weight is 499 g/mol. The van der Waals surface area contributed by atoms with E-state index in [4.69, 9.17) is 9.98 Å². The maximum atomic E-state index is 10.8. The molecule has 4 atom stereocenters. The van der Waals surface area contributed by atoms with Crippen molar-refractivity contribution in [2.45, 2.75) is 62.2 Å². The molecule has 4 aliphatic rings. The smallest absolute Gasteiger partial charge is 0.124 e. The predicted octanol–water partition coefficient (Wildman–Crippen LogP) is 8.48. The highest BCUT2D eigenvalue weighted by molar-refractivity contribution is 5.96. The Bertz CT molecular complexity index is 1560. The number of aliphatic imine (C=N–C) groups is 2. The van der Waals surface area contributed by atoms with Crippen molar-refractivity contribution in [1.29, 1.82) is 0 Å². The summed E-state index contributed by atoms with van der Waals surface area (Å²) < 4.78 is 0. The van der Waals surface area contributed by atoms with E-state index in [9.17, 15) is 10.2 Å². The highest BCUT2D eigenvalue weighted by Gasteiger charge is 2.38. The van der Waals surface area contributed by atoms with Crippen molar-refractivity contribution >= 4 is 34.6 Å². The summed E-state index contributed by atoms with van der Waals surface area (Å²) in [4.78, 5) is 9.67. The van der Waals surface area contributed by atoms with Crippen LogP contribution < -0.4 is 0 Å². The number of rotatable bonds is 4. The van der Waals surface area contributed by atoms with Crippen LogP contribution in [0.15, 0.2) is 70.6 Å². The van der Waals surface area contributed by atoms with Crippen molar-refractivity contribution in [3.05, 3.63) is 94.0 Å². The molecule has 0 heterocycles. The van der Waals surface area contributed by atoms with Crippen LogP contribution in [0.2, 0.25) is 0 Å². The number of nitrogens with zero attached hydrogens (tertiary/aromatic N) is 2. The summed E-state index contributed by atoms with van der Waals surface area (Å²) in [7, 11) is 0. The zero-order chi connectivity index (χ0) is 25.4. The van der Waals surface area contributed by atoms with Crippen LogP contribution in [0, 0.1) is 0 Å². The fourth-order valence-electron chi connectivity index (χ4n) is 7.69. The van der Waals surface area contributed by atoms with Crippen LogP contribution in [0.1, 0.15) is 95.6 Å². The molecule has 4 heteroatoms. The van der Waals surface area contributed by atoms with Crippen LogP contribution in [0.5, 0.6) is 11.5 Å². The molecule has 0 spiro atoms. The van der Waals surface area contributed by atoms with Gasteiger partial charge in [-0.25, -0.2) is 0 Å². The predicted molar refractivity (Wildman–Crippen MR) is 153 cm³/mol. The molecule has 4 aliphatic carbocycles. The third-order valence-electron chi connectivity index (χ3n) is 9.62. The van der Waals surface area contributed by atoms with Crippen molar-refractivity contribution in [3.63, 3.8) is 0 Å². The summed E-state index contributed by atoms with van der Waals surface area (Å²) in [5.41, 5.74) is 8.41. The molecule has 4 aromatic carbocycles. The summed E-state index contributed by atoms with van der Waals surface area (Å²) in [5.74, 6) is 3.06. The minimum absolute atomic E-state index is 0.295. The van der Waals surface area contributed by atoms with Gasteiger partial charge in [0.2, 0.25) is 0 Å². The topological polar surface area (TPSA) is 65.2 Å². The van der Waals surface area contributed by atoms with E-state index in [2.05, 4.69) is 24.3 Å². The Morgan fingerprint density at radius 1 is 0.553 bits per heavy atom. The lowest BCUT2D eigenvalue weighted by molar-refractivity contribution is 0.472. The molecule has 0 amide bonds. The molecule has 188 valence electrons. The largest absolute Gasteiger partial charge is 0.507 e. The molecule has 0 aromatic heterocycles. The van der Waals surface area contributed by atoms with E-state index in [1.165, 1.54) is 60.8 Å². The number of aromatic hydroxyl groups is 2. The molecule has 2 fully saturated rings. The number of benzene rings is 4. The first-order valence-electron chi connectivity index (χ1n) is 14.0. The van der Waals surface area contributed by atoms with Gasteiger partial charge in [0.15, 0.2) is 0 Å². The number of phenolic OH excluding ortho intramolecular Hbond substituents is 2. The Labute approximate surface area is 222 Å². The Balaban J connectivity index is 1.18.